The second kappa shape index (κ2) is 9.31. The van der Waals surface area contributed by atoms with Crippen molar-refractivity contribution < 1.29 is 23.7 Å². The molecule has 6 nitrogen and oxygen atoms in total. The van der Waals surface area contributed by atoms with Gasteiger partial charge in [0, 0.05) is 31.7 Å². The van der Waals surface area contributed by atoms with Gasteiger partial charge in [-0.25, -0.2) is 0 Å². The van der Waals surface area contributed by atoms with E-state index in [1.165, 1.54) is 0 Å². The Morgan fingerprint density at radius 2 is 1.67 bits per heavy atom. The molecular formula is C15H25NO5. The third kappa shape index (κ3) is 4.99. The van der Waals surface area contributed by atoms with Crippen LogP contribution in [0.25, 0.3) is 0 Å². The van der Waals surface area contributed by atoms with Crippen LogP contribution in [0.2, 0.25) is 0 Å². The predicted octanol–water partition coefficient (Wildman–Crippen LogP) is 1.85. The Bertz CT molecular complexity index is 400. The van der Waals surface area contributed by atoms with Crippen LogP contribution in [0.5, 0.6) is 23.0 Å². The zero-order valence-electron chi connectivity index (χ0n) is 13.2. The Kier molecular flexibility index (Phi) is 7.71. The summed E-state index contributed by atoms with van der Waals surface area (Å²) in [6.45, 7) is 3.57. The molecule has 21 heavy (non-hydrogen) atoms. The van der Waals surface area contributed by atoms with Crippen molar-refractivity contribution in [3.8, 4) is 23.0 Å². The lowest BCUT2D eigenvalue weighted by Gasteiger charge is -2.17. The lowest BCUT2D eigenvalue weighted by Crippen LogP contribution is -2.25. The Balaban J connectivity index is 2.71. The van der Waals surface area contributed by atoms with Crippen LogP contribution in [0.3, 0.4) is 0 Å². The highest BCUT2D eigenvalue weighted by Crippen LogP contribution is 2.40. The van der Waals surface area contributed by atoms with Crippen molar-refractivity contribution in [1.29, 1.82) is 0 Å². The minimum Gasteiger partial charge on any atom is -0.493 e. The maximum Gasteiger partial charge on any atom is 0.203 e. The van der Waals surface area contributed by atoms with Crippen molar-refractivity contribution in [2.75, 3.05) is 41.1 Å². The van der Waals surface area contributed by atoms with Gasteiger partial charge in [0.15, 0.2) is 11.5 Å². The fraction of sp³-hybridized carbons (Fsp3) is 0.600. The summed E-state index contributed by atoms with van der Waals surface area (Å²) in [5, 5.41) is 0. The molecule has 0 aliphatic heterocycles. The monoisotopic (exact) mass is 299 g/mol. The number of rotatable bonds is 10. The van der Waals surface area contributed by atoms with E-state index in [1.54, 1.807) is 33.5 Å². The Hall–Kier alpha value is -1.66. The van der Waals surface area contributed by atoms with Gasteiger partial charge < -0.3 is 29.4 Å². The standard InChI is InChI=1S/C15H25NO5/c1-5-20-11(10-16)6-7-21-12-8-13(17-2)15(19-4)14(9-12)18-3/h8-9,11H,5-7,10,16H2,1-4H3. The molecule has 1 rings (SSSR count). The molecule has 2 N–H and O–H groups in total. The van der Waals surface area contributed by atoms with Gasteiger partial charge >= 0.3 is 0 Å². The molecule has 1 unspecified atom stereocenters. The van der Waals surface area contributed by atoms with Gasteiger partial charge in [-0.1, -0.05) is 0 Å². The van der Waals surface area contributed by atoms with Crippen LogP contribution in [0.15, 0.2) is 12.1 Å². The van der Waals surface area contributed by atoms with Crippen LogP contribution in [0.1, 0.15) is 13.3 Å². The summed E-state index contributed by atoms with van der Waals surface area (Å²) in [5.41, 5.74) is 5.63. The van der Waals surface area contributed by atoms with Crippen molar-refractivity contribution >= 4 is 0 Å². The van der Waals surface area contributed by atoms with Crippen LogP contribution in [-0.4, -0.2) is 47.2 Å². The third-order valence-electron chi connectivity index (χ3n) is 3.01. The van der Waals surface area contributed by atoms with E-state index in [0.717, 1.165) is 6.42 Å². The minimum atomic E-state index is 0.0111. The molecule has 0 radical (unpaired) electrons. The van der Waals surface area contributed by atoms with E-state index in [1.807, 2.05) is 6.92 Å². The summed E-state index contributed by atoms with van der Waals surface area (Å²) < 4.78 is 27.0. The number of benzene rings is 1. The first-order valence-corrected chi connectivity index (χ1v) is 6.94. The van der Waals surface area contributed by atoms with E-state index in [-0.39, 0.29) is 6.10 Å². The summed E-state index contributed by atoms with van der Waals surface area (Å²) in [4.78, 5) is 0. The van der Waals surface area contributed by atoms with Crippen LogP contribution in [0.4, 0.5) is 0 Å². The molecule has 0 bridgehead atoms. The van der Waals surface area contributed by atoms with Gasteiger partial charge in [0.05, 0.1) is 34.0 Å². The van der Waals surface area contributed by atoms with Crippen LogP contribution in [0, 0.1) is 0 Å². The number of nitrogens with two attached hydrogens (primary N) is 1. The van der Waals surface area contributed by atoms with E-state index in [9.17, 15) is 0 Å². The first-order valence-electron chi connectivity index (χ1n) is 6.94. The zero-order valence-corrected chi connectivity index (χ0v) is 13.2. The first kappa shape index (κ1) is 17.4. The van der Waals surface area contributed by atoms with Crippen LogP contribution in [-0.2, 0) is 4.74 Å². The van der Waals surface area contributed by atoms with Crippen molar-refractivity contribution in [3.63, 3.8) is 0 Å². The van der Waals surface area contributed by atoms with Crippen LogP contribution >= 0.6 is 0 Å². The van der Waals surface area contributed by atoms with E-state index in [4.69, 9.17) is 29.4 Å². The summed E-state index contributed by atoms with van der Waals surface area (Å²) in [6, 6.07) is 3.53. The molecule has 1 atom stereocenters. The average Bonchev–Trinajstić information content (AvgIpc) is 2.52. The molecule has 120 valence electrons. The molecular weight excluding hydrogens is 274 g/mol. The number of ether oxygens (including phenoxy) is 5. The normalized spacial score (nSPS) is 11.9. The highest BCUT2D eigenvalue weighted by molar-refractivity contribution is 5.55. The SMILES string of the molecule is CCOC(CN)CCOc1cc(OC)c(OC)c(OC)c1. The first-order chi connectivity index (χ1) is 10.2. The molecule has 1 aromatic rings. The molecule has 0 aromatic heterocycles. The maximum absolute atomic E-state index is 5.72. The number of methoxy groups -OCH3 is 3. The molecule has 1 aromatic carbocycles. The van der Waals surface area contributed by atoms with E-state index >= 15 is 0 Å². The van der Waals surface area contributed by atoms with Gasteiger partial charge in [0.1, 0.15) is 5.75 Å². The van der Waals surface area contributed by atoms with Crippen molar-refractivity contribution in [2.45, 2.75) is 19.4 Å². The molecule has 0 spiro atoms. The lowest BCUT2D eigenvalue weighted by molar-refractivity contribution is 0.0526. The molecule has 0 amide bonds. The summed E-state index contributed by atoms with van der Waals surface area (Å²) >= 11 is 0. The quantitative estimate of drug-likeness (QED) is 0.711. The fourth-order valence-corrected chi connectivity index (χ4v) is 1.95. The maximum atomic E-state index is 5.72. The minimum absolute atomic E-state index is 0.0111. The lowest BCUT2D eigenvalue weighted by atomic mass is 10.2. The average molecular weight is 299 g/mol. The largest absolute Gasteiger partial charge is 0.493 e. The van der Waals surface area contributed by atoms with Gasteiger partial charge in [-0.2, -0.15) is 0 Å². The van der Waals surface area contributed by atoms with E-state index < -0.39 is 0 Å². The molecule has 0 fully saturated rings. The highest BCUT2D eigenvalue weighted by Gasteiger charge is 2.14. The summed E-state index contributed by atoms with van der Waals surface area (Å²) in [7, 11) is 4.70. The van der Waals surface area contributed by atoms with Gasteiger partial charge in [-0.3, -0.25) is 0 Å². The molecule has 0 aliphatic carbocycles. The van der Waals surface area contributed by atoms with Crippen molar-refractivity contribution in [1.82, 2.24) is 0 Å². The predicted molar refractivity (Wildman–Crippen MR) is 80.7 cm³/mol. The third-order valence-corrected chi connectivity index (χ3v) is 3.01. The summed E-state index contributed by atoms with van der Waals surface area (Å²) in [5.74, 6) is 2.32. The van der Waals surface area contributed by atoms with Crippen molar-refractivity contribution in [2.24, 2.45) is 5.73 Å². The number of hydrogen-bond acceptors (Lipinski definition) is 6. The van der Waals surface area contributed by atoms with Gasteiger partial charge in [-0.05, 0) is 6.92 Å². The smallest absolute Gasteiger partial charge is 0.203 e. The topological polar surface area (TPSA) is 72.2 Å². The fourth-order valence-electron chi connectivity index (χ4n) is 1.95. The van der Waals surface area contributed by atoms with Gasteiger partial charge in [-0.15, -0.1) is 0 Å². The molecule has 6 heteroatoms. The van der Waals surface area contributed by atoms with E-state index in [2.05, 4.69) is 0 Å². The second-order valence-electron chi connectivity index (χ2n) is 4.31. The van der Waals surface area contributed by atoms with Gasteiger partial charge in [0.25, 0.3) is 0 Å². The van der Waals surface area contributed by atoms with E-state index in [0.29, 0.717) is 42.8 Å². The summed E-state index contributed by atoms with van der Waals surface area (Å²) in [6.07, 6.45) is 0.734. The van der Waals surface area contributed by atoms with Crippen LogP contribution < -0.4 is 24.7 Å². The second-order valence-corrected chi connectivity index (χ2v) is 4.31. The Labute approximate surface area is 126 Å². The van der Waals surface area contributed by atoms with Gasteiger partial charge in [0.2, 0.25) is 5.75 Å². The van der Waals surface area contributed by atoms with Crippen molar-refractivity contribution in [3.05, 3.63) is 12.1 Å². The molecule has 0 saturated carbocycles. The Morgan fingerprint density at radius 3 is 2.10 bits per heavy atom. The highest BCUT2D eigenvalue weighted by atomic mass is 16.5. The Morgan fingerprint density at radius 1 is 1.05 bits per heavy atom. The molecule has 0 saturated heterocycles. The molecule has 0 aliphatic rings. The number of hydrogen-bond donors (Lipinski definition) is 1. The zero-order chi connectivity index (χ0) is 15.7. The molecule has 0 heterocycles.